The third-order valence-corrected chi connectivity index (χ3v) is 3.62. The highest BCUT2D eigenvalue weighted by Gasteiger charge is 1.96. The number of hydrogen-bond donors (Lipinski definition) is 0. The molecule has 0 amide bonds. The quantitative estimate of drug-likeness (QED) is 0.421. The summed E-state index contributed by atoms with van der Waals surface area (Å²) in [4.78, 5) is 0. The Morgan fingerprint density at radius 2 is 1.28 bits per heavy atom. The third kappa shape index (κ3) is 7.47. The minimum atomic E-state index is 1.25. The first-order chi connectivity index (χ1) is 8.83. The van der Waals surface area contributed by atoms with Gasteiger partial charge in [0.05, 0.1) is 0 Å². The van der Waals surface area contributed by atoms with Crippen LogP contribution in [0, 0.1) is 0 Å². The average Bonchev–Trinajstić information content (AvgIpc) is 2.39. The van der Waals surface area contributed by atoms with Gasteiger partial charge in [0.25, 0.3) is 0 Å². The van der Waals surface area contributed by atoms with Crippen LogP contribution in [0.2, 0.25) is 0 Å². The lowest BCUT2D eigenvalue weighted by Crippen LogP contribution is -2.25. The highest BCUT2D eigenvalue weighted by atomic mass is 14.9. The van der Waals surface area contributed by atoms with E-state index in [1.165, 1.54) is 69.8 Å². The molecule has 0 spiro atoms. The van der Waals surface area contributed by atoms with Crippen molar-refractivity contribution >= 4 is 0 Å². The molecule has 1 rings (SSSR count). The van der Waals surface area contributed by atoms with Gasteiger partial charge in [-0.15, -0.1) is 0 Å². The zero-order valence-corrected chi connectivity index (χ0v) is 12.3. The van der Waals surface area contributed by atoms with Gasteiger partial charge in [0.1, 0.15) is 7.05 Å². The summed E-state index contributed by atoms with van der Waals surface area (Å²) in [6, 6.07) is 4.48. The fourth-order valence-corrected chi connectivity index (χ4v) is 2.34. The second-order valence-corrected chi connectivity index (χ2v) is 5.45. The smallest absolute Gasteiger partial charge is 0.168 e. The predicted molar refractivity (Wildman–Crippen MR) is 78.5 cm³/mol. The van der Waals surface area contributed by atoms with Crippen molar-refractivity contribution in [3.8, 4) is 0 Å². The molecule has 1 heteroatoms. The lowest BCUT2D eigenvalue weighted by Gasteiger charge is -2.02. The molecule has 0 bridgehead atoms. The van der Waals surface area contributed by atoms with Gasteiger partial charge in [0.2, 0.25) is 0 Å². The Hall–Kier alpha value is -0.850. The number of aromatic nitrogens is 1. The summed E-state index contributed by atoms with van der Waals surface area (Å²) in [7, 11) is 2.07. The maximum atomic E-state index is 2.28. The van der Waals surface area contributed by atoms with Gasteiger partial charge in [-0.05, 0) is 18.4 Å². The second-order valence-electron chi connectivity index (χ2n) is 5.45. The van der Waals surface area contributed by atoms with E-state index in [1.54, 1.807) is 0 Å². The van der Waals surface area contributed by atoms with Gasteiger partial charge < -0.3 is 0 Å². The fourth-order valence-electron chi connectivity index (χ4n) is 2.34. The Kier molecular flexibility index (Phi) is 8.54. The molecule has 1 heterocycles. The molecule has 1 aromatic heterocycles. The van der Waals surface area contributed by atoms with E-state index in [0.717, 1.165) is 0 Å². The van der Waals surface area contributed by atoms with Crippen molar-refractivity contribution < 1.29 is 4.57 Å². The molecule has 102 valence electrons. The van der Waals surface area contributed by atoms with Gasteiger partial charge >= 0.3 is 0 Å². The first kappa shape index (κ1) is 15.2. The van der Waals surface area contributed by atoms with Gasteiger partial charge in [-0.3, -0.25) is 0 Å². The van der Waals surface area contributed by atoms with E-state index in [4.69, 9.17) is 0 Å². The zero-order valence-electron chi connectivity index (χ0n) is 12.3. The first-order valence-electron chi connectivity index (χ1n) is 7.77. The lowest BCUT2D eigenvalue weighted by molar-refractivity contribution is -0.671. The van der Waals surface area contributed by atoms with Crippen LogP contribution in [0.3, 0.4) is 0 Å². The summed E-state index contributed by atoms with van der Waals surface area (Å²) in [5, 5.41) is 0. The maximum absolute atomic E-state index is 2.28. The molecule has 0 fully saturated rings. The van der Waals surface area contributed by atoms with E-state index in [-0.39, 0.29) is 0 Å². The number of pyridine rings is 1. The van der Waals surface area contributed by atoms with Crippen LogP contribution in [0.5, 0.6) is 0 Å². The van der Waals surface area contributed by atoms with Crippen LogP contribution >= 0.6 is 0 Å². The molecule has 0 atom stereocenters. The molecule has 0 aliphatic heterocycles. The van der Waals surface area contributed by atoms with Crippen molar-refractivity contribution in [1.82, 2.24) is 0 Å². The van der Waals surface area contributed by atoms with E-state index in [1.807, 2.05) is 0 Å². The third-order valence-electron chi connectivity index (χ3n) is 3.62. The Morgan fingerprint density at radius 3 is 1.83 bits per heavy atom. The van der Waals surface area contributed by atoms with Gasteiger partial charge in [-0.1, -0.05) is 58.3 Å². The van der Waals surface area contributed by atoms with Gasteiger partial charge in [-0.25, -0.2) is 4.57 Å². The largest absolute Gasteiger partial charge is 0.208 e. The maximum Gasteiger partial charge on any atom is 0.168 e. The number of nitrogens with zero attached hydrogens (tertiary/aromatic N) is 1. The van der Waals surface area contributed by atoms with E-state index >= 15 is 0 Å². The van der Waals surface area contributed by atoms with Crippen LogP contribution < -0.4 is 4.57 Å². The minimum absolute atomic E-state index is 1.25. The normalized spacial score (nSPS) is 10.8. The first-order valence-corrected chi connectivity index (χ1v) is 7.77. The van der Waals surface area contributed by atoms with Crippen molar-refractivity contribution in [1.29, 1.82) is 0 Å². The van der Waals surface area contributed by atoms with Crippen LogP contribution in [0.15, 0.2) is 24.5 Å². The Bertz CT molecular complexity index is 289. The van der Waals surface area contributed by atoms with Gasteiger partial charge in [-0.2, -0.15) is 0 Å². The highest BCUT2D eigenvalue weighted by Crippen LogP contribution is 2.11. The highest BCUT2D eigenvalue weighted by molar-refractivity contribution is 5.06. The Morgan fingerprint density at radius 1 is 0.778 bits per heavy atom. The van der Waals surface area contributed by atoms with Crippen LogP contribution in [-0.2, 0) is 13.5 Å². The summed E-state index contributed by atoms with van der Waals surface area (Å²) in [5.41, 5.74) is 1.48. The molecule has 0 aliphatic rings. The van der Waals surface area contributed by atoms with Crippen LogP contribution in [-0.4, -0.2) is 0 Å². The molecular formula is C17H30N+. The standard InChI is InChI=1S/C17H30N/c1-3-4-5-6-7-8-9-10-11-12-17-13-15-18(2)16-14-17/h13-16H,3-12H2,1-2H3/q+1. The Balaban J connectivity index is 1.91. The minimum Gasteiger partial charge on any atom is -0.208 e. The van der Waals surface area contributed by atoms with Crippen molar-refractivity contribution in [3.63, 3.8) is 0 Å². The number of hydrogen-bond acceptors (Lipinski definition) is 0. The van der Waals surface area contributed by atoms with E-state index in [0.29, 0.717) is 0 Å². The molecule has 0 radical (unpaired) electrons. The fraction of sp³-hybridized carbons (Fsp3) is 0.706. The SMILES string of the molecule is CCCCCCCCCCCc1cc[n+](C)cc1. The predicted octanol–water partition coefficient (Wildman–Crippen LogP) is 4.58. The molecule has 0 saturated carbocycles. The number of unbranched alkanes of at least 4 members (excludes halogenated alkanes) is 8. The van der Waals surface area contributed by atoms with E-state index < -0.39 is 0 Å². The topological polar surface area (TPSA) is 3.88 Å². The summed E-state index contributed by atoms with van der Waals surface area (Å²) >= 11 is 0. The molecule has 0 N–H and O–H groups in total. The van der Waals surface area contributed by atoms with Gasteiger partial charge in [0, 0.05) is 12.1 Å². The van der Waals surface area contributed by atoms with Gasteiger partial charge in [0.15, 0.2) is 12.4 Å². The summed E-state index contributed by atoms with van der Waals surface area (Å²) in [5.74, 6) is 0. The monoisotopic (exact) mass is 248 g/mol. The van der Waals surface area contributed by atoms with E-state index in [9.17, 15) is 0 Å². The molecule has 0 aromatic carbocycles. The molecular weight excluding hydrogens is 218 g/mol. The van der Waals surface area contributed by atoms with Crippen molar-refractivity contribution in [3.05, 3.63) is 30.1 Å². The van der Waals surface area contributed by atoms with Crippen molar-refractivity contribution in [2.75, 3.05) is 0 Å². The summed E-state index contributed by atoms with van der Waals surface area (Å²) in [6.45, 7) is 2.28. The molecule has 1 aromatic rings. The Labute approximate surface area is 113 Å². The van der Waals surface area contributed by atoms with Crippen molar-refractivity contribution in [2.45, 2.75) is 71.1 Å². The molecule has 0 aliphatic carbocycles. The molecule has 1 nitrogen and oxygen atoms in total. The average molecular weight is 248 g/mol. The number of rotatable bonds is 10. The van der Waals surface area contributed by atoms with Crippen LogP contribution in [0.1, 0.15) is 70.3 Å². The number of aryl methyl sites for hydroxylation is 2. The second kappa shape index (κ2) is 10.1. The molecule has 0 saturated heterocycles. The summed E-state index contributed by atoms with van der Waals surface area (Å²) < 4.78 is 2.10. The lowest BCUT2D eigenvalue weighted by atomic mass is 10.0. The van der Waals surface area contributed by atoms with Crippen LogP contribution in [0.4, 0.5) is 0 Å². The summed E-state index contributed by atoms with van der Waals surface area (Å²) in [6.07, 6.45) is 18.3. The molecule has 18 heavy (non-hydrogen) atoms. The van der Waals surface area contributed by atoms with Crippen LogP contribution in [0.25, 0.3) is 0 Å². The van der Waals surface area contributed by atoms with E-state index in [2.05, 4.69) is 43.1 Å². The van der Waals surface area contributed by atoms with Crippen molar-refractivity contribution in [2.24, 2.45) is 7.05 Å². The molecule has 0 unspecified atom stereocenters. The zero-order chi connectivity index (χ0) is 13.1.